The van der Waals surface area contributed by atoms with Crippen LogP contribution in [0.15, 0.2) is 24.5 Å². The highest BCUT2D eigenvalue weighted by atomic mass is 35.5. The molecule has 36 heavy (non-hydrogen) atoms. The van der Waals surface area contributed by atoms with Gasteiger partial charge in [-0.05, 0) is 82.8 Å². The zero-order valence-corrected chi connectivity index (χ0v) is 21.1. The van der Waals surface area contributed by atoms with Crippen molar-refractivity contribution in [1.29, 1.82) is 0 Å². The fourth-order valence-electron chi connectivity index (χ4n) is 5.03. The Balaban J connectivity index is 1.23. The quantitative estimate of drug-likeness (QED) is 0.422. The van der Waals surface area contributed by atoms with Gasteiger partial charge in [0, 0.05) is 18.4 Å². The number of nitrogens with one attached hydrogen (secondary N) is 3. The molecule has 2 aliphatic rings. The van der Waals surface area contributed by atoms with E-state index in [1.807, 2.05) is 0 Å². The number of nitrogens with zero attached hydrogens (tertiary/aromatic N) is 2. The molecule has 2 aromatic rings. The van der Waals surface area contributed by atoms with Crippen LogP contribution in [0.4, 0.5) is 10.1 Å². The number of halogens is 2. The summed E-state index contributed by atoms with van der Waals surface area (Å²) < 4.78 is 13.2. The number of aromatic nitrogens is 2. The van der Waals surface area contributed by atoms with Crippen molar-refractivity contribution in [1.82, 2.24) is 20.2 Å². The van der Waals surface area contributed by atoms with E-state index in [2.05, 4.69) is 25.5 Å². The Morgan fingerprint density at radius 3 is 2.58 bits per heavy atom. The highest BCUT2D eigenvalue weighted by Gasteiger charge is 2.29. The van der Waals surface area contributed by atoms with E-state index in [1.54, 1.807) is 0 Å². The van der Waals surface area contributed by atoms with Crippen molar-refractivity contribution in [2.45, 2.75) is 63.8 Å². The van der Waals surface area contributed by atoms with Crippen molar-refractivity contribution in [3.8, 4) is 0 Å². The van der Waals surface area contributed by atoms with E-state index in [4.69, 9.17) is 11.6 Å². The first-order valence-electron chi connectivity index (χ1n) is 12.8. The van der Waals surface area contributed by atoms with Crippen LogP contribution in [-0.4, -0.2) is 58.1 Å². The molecule has 1 aromatic carbocycles. The number of likely N-dealkylation sites (tertiary alicyclic amines) is 1. The maximum Gasteiger partial charge on any atom is 0.270 e. The van der Waals surface area contributed by atoms with Crippen molar-refractivity contribution < 1.29 is 18.8 Å². The lowest BCUT2D eigenvalue weighted by Crippen LogP contribution is -2.40. The van der Waals surface area contributed by atoms with E-state index in [9.17, 15) is 18.8 Å². The lowest BCUT2D eigenvalue weighted by Gasteiger charge is -2.28. The summed E-state index contributed by atoms with van der Waals surface area (Å²) in [7, 11) is 0. The summed E-state index contributed by atoms with van der Waals surface area (Å²) in [5, 5.41) is 5.90. The molecule has 1 saturated heterocycles. The largest absolute Gasteiger partial charge is 0.348 e. The molecule has 194 valence electrons. The Kier molecular flexibility index (Phi) is 9.09. The standard InChI is InChI=1S/C26H33ClFN5O3/c27-20-15-18(28)8-11-21(20)32-25(35)17-6-9-19(10-7-17)31-26(36)24-23(29-16-30-24)22(34)5-4-14-33-12-2-1-3-13-33/h8,11,15-17,19H,1-7,9-10,12-14H2,(H,29,30)(H,31,36)(H,32,35). The van der Waals surface area contributed by atoms with Crippen molar-refractivity contribution in [3.05, 3.63) is 46.8 Å². The van der Waals surface area contributed by atoms with Gasteiger partial charge in [-0.2, -0.15) is 0 Å². The Bertz CT molecular complexity index is 1080. The number of imidazole rings is 1. The average Bonchev–Trinajstić information content (AvgIpc) is 3.37. The molecule has 2 amide bonds. The average molecular weight is 518 g/mol. The van der Waals surface area contributed by atoms with Gasteiger partial charge >= 0.3 is 0 Å². The Hall–Kier alpha value is -2.78. The minimum atomic E-state index is -0.464. The second-order valence-electron chi connectivity index (χ2n) is 9.69. The fraction of sp³-hybridized carbons (Fsp3) is 0.538. The monoisotopic (exact) mass is 517 g/mol. The molecule has 10 heteroatoms. The van der Waals surface area contributed by atoms with Crippen LogP contribution < -0.4 is 10.6 Å². The maximum atomic E-state index is 13.2. The van der Waals surface area contributed by atoms with E-state index in [0.29, 0.717) is 37.8 Å². The number of H-pyrrole nitrogens is 1. The number of hydrogen-bond donors (Lipinski definition) is 3. The van der Waals surface area contributed by atoms with Crippen LogP contribution in [0, 0.1) is 11.7 Å². The molecule has 8 nitrogen and oxygen atoms in total. The first kappa shape index (κ1) is 26.3. The van der Waals surface area contributed by atoms with Gasteiger partial charge in [-0.15, -0.1) is 0 Å². The molecule has 1 aromatic heterocycles. The van der Waals surface area contributed by atoms with Crippen molar-refractivity contribution in [2.24, 2.45) is 5.92 Å². The van der Waals surface area contributed by atoms with E-state index in [0.717, 1.165) is 32.1 Å². The highest BCUT2D eigenvalue weighted by molar-refractivity contribution is 6.33. The summed E-state index contributed by atoms with van der Waals surface area (Å²) in [6, 6.07) is 3.75. The fourth-order valence-corrected chi connectivity index (χ4v) is 5.24. The zero-order chi connectivity index (χ0) is 25.5. The Morgan fingerprint density at radius 1 is 1.11 bits per heavy atom. The third-order valence-electron chi connectivity index (χ3n) is 7.08. The van der Waals surface area contributed by atoms with E-state index < -0.39 is 5.82 Å². The predicted molar refractivity (Wildman–Crippen MR) is 136 cm³/mol. The topological polar surface area (TPSA) is 107 Å². The van der Waals surface area contributed by atoms with Gasteiger partial charge in [0.2, 0.25) is 5.91 Å². The Labute approximate surface area is 215 Å². The van der Waals surface area contributed by atoms with Gasteiger partial charge in [0.25, 0.3) is 5.91 Å². The van der Waals surface area contributed by atoms with Crippen molar-refractivity contribution in [3.63, 3.8) is 0 Å². The van der Waals surface area contributed by atoms with E-state index in [1.165, 1.54) is 37.7 Å². The number of hydrogen-bond acceptors (Lipinski definition) is 5. The smallest absolute Gasteiger partial charge is 0.270 e. The van der Waals surface area contributed by atoms with E-state index >= 15 is 0 Å². The second kappa shape index (κ2) is 12.5. The van der Waals surface area contributed by atoms with Crippen LogP contribution in [-0.2, 0) is 4.79 Å². The minimum Gasteiger partial charge on any atom is -0.348 e. The highest BCUT2D eigenvalue weighted by Crippen LogP contribution is 2.28. The number of carbonyl (C=O) groups excluding carboxylic acids is 3. The first-order valence-corrected chi connectivity index (χ1v) is 13.1. The Morgan fingerprint density at radius 2 is 1.86 bits per heavy atom. The summed E-state index contributed by atoms with van der Waals surface area (Å²) >= 11 is 6.00. The van der Waals surface area contributed by atoms with Crippen molar-refractivity contribution >= 4 is 34.9 Å². The van der Waals surface area contributed by atoms with Crippen LogP contribution >= 0.6 is 11.6 Å². The molecule has 1 saturated carbocycles. The number of rotatable bonds is 9. The number of anilines is 1. The van der Waals surface area contributed by atoms with Gasteiger partial charge in [-0.3, -0.25) is 14.4 Å². The van der Waals surface area contributed by atoms with Gasteiger partial charge in [0.05, 0.1) is 17.0 Å². The molecule has 1 aliphatic carbocycles. The van der Waals surface area contributed by atoms with Gasteiger partial charge in [0.1, 0.15) is 17.2 Å². The van der Waals surface area contributed by atoms with Crippen molar-refractivity contribution in [2.75, 3.05) is 25.0 Å². The number of Topliss-reactive ketones (excluding diaryl/α,β-unsaturated/α-hetero) is 1. The number of amides is 2. The maximum absolute atomic E-state index is 13.2. The van der Waals surface area contributed by atoms with E-state index in [-0.39, 0.29) is 46.0 Å². The number of carbonyl (C=O) groups is 3. The van der Waals surface area contributed by atoms with Crippen LogP contribution in [0.5, 0.6) is 0 Å². The number of benzene rings is 1. The molecule has 3 N–H and O–H groups in total. The molecule has 2 heterocycles. The van der Waals surface area contributed by atoms with Gasteiger partial charge < -0.3 is 20.5 Å². The summed E-state index contributed by atoms with van der Waals surface area (Å²) in [6.07, 6.45) is 8.67. The summed E-state index contributed by atoms with van der Waals surface area (Å²) in [6.45, 7) is 3.07. The van der Waals surface area contributed by atoms with Crippen LogP contribution in [0.3, 0.4) is 0 Å². The molecule has 2 fully saturated rings. The molecule has 0 radical (unpaired) electrons. The summed E-state index contributed by atoms with van der Waals surface area (Å²) in [5.74, 6) is -1.33. The molecule has 1 aliphatic heterocycles. The SMILES string of the molecule is O=C(CCCN1CCCCC1)c1nc[nH]c1C(=O)NC1CCC(C(=O)Nc2ccc(F)cc2Cl)CC1. The molecule has 0 atom stereocenters. The number of ketones is 1. The predicted octanol–water partition coefficient (Wildman–Crippen LogP) is 4.58. The van der Waals surface area contributed by atoms with Gasteiger partial charge in [0.15, 0.2) is 5.78 Å². The van der Waals surface area contributed by atoms with Crippen LogP contribution in [0.1, 0.15) is 78.8 Å². The van der Waals surface area contributed by atoms with Crippen LogP contribution in [0.25, 0.3) is 0 Å². The normalized spacial score (nSPS) is 20.6. The summed E-state index contributed by atoms with van der Waals surface area (Å²) in [5.41, 5.74) is 0.769. The molecular weight excluding hydrogens is 485 g/mol. The minimum absolute atomic E-state index is 0.0960. The zero-order valence-electron chi connectivity index (χ0n) is 20.3. The first-order chi connectivity index (χ1) is 17.4. The molecular formula is C26H33ClFN5O3. The molecule has 4 rings (SSSR count). The molecule has 0 bridgehead atoms. The summed E-state index contributed by atoms with van der Waals surface area (Å²) in [4.78, 5) is 47.5. The number of aromatic amines is 1. The van der Waals surface area contributed by atoms with Gasteiger partial charge in [-0.1, -0.05) is 18.0 Å². The third-order valence-corrected chi connectivity index (χ3v) is 7.39. The van der Waals surface area contributed by atoms with Gasteiger partial charge in [-0.25, -0.2) is 9.37 Å². The third kappa shape index (κ3) is 6.91. The lowest BCUT2D eigenvalue weighted by molar-refractivity contribution is -0.120. The lowest BCUT2D eigenvalue weighted by atomic mass is 9.85. The molecule has 0 unspecified atom stereocenters. The second-order valence-corrected chi connectivity index (χ2v) is 10.1. The van der Waals surface area contributed by atoms with Crippen LogP contribution in [0.2, 0.25) is 5.02 Å². The number of piperidine rings is 1. The molecule has 0 spiro atoms.